The van der Waals surface area contributed by atoms with Crippen molar-refractivity contribution < 1.29 is 9.53 Å². The van der Waals surface area contributed by atoms with Crippen molar-refractivity contribution in [1.82, 2.24) is 15.1 Å². The first kappa shape index (κ1) is 28.8. The van der Waals surface area contributed by atoms with E-state index in [9.17, 15) is 4.79 Å². The number of nitrogens with one attached hydrogen (secondary N) is 1. The van der Waals surface area contributed by atoms with E-state index in [2.05, 4.69) is 103 Å². The van der Waals surface area contributed by atoms with E-state index in [1.807, 2.05) is 24.3 Å². The third kappa shape index (κ3) is 8.42. The van der Waals surface area contributed by atoms with E-state index in [0.717, 1.165) is 44.8 Å². The molecule has 0 spiro atoms. The molecule has 1 fully saturated rings. The van der Waals surface area contributed by atoms with Crippen LogP contribution in [0.4, 0.5) is 0 Å². The van der Waals surface area contributed by atoms with Crippen molar-refractivity contribution >= 4 is 5.91 Å². The Labute approximate surface area is 235 Å². The second kappa shape index (κ2) is 14.3. The summed E-state index contributed by atoms with van der Waals surface area (Å²) in [6.45, 7) is 13.1. The van der Waals surface area contributed by atoms with Crippen LogP contribution in [0.5, 0.6) is 5.75 Å². The lowest BCUT2D eigenvalue weighted by Crippen LogP contribution is -2.43. The Hall–Kier alpha value is -3.15. The molecule has 208 valence electrons. The van der Waals surface area contributed by atoms with Gasteiger partial charge in [0.1, 0.15) is 11.9 Å². The van der Waals surface area contributed by atoms with Crippen molar-refractivity contribution in [3.63, 3.8) is 0 Å². The second-order valence-electron chi connectivity index (χ2n) is 11.2. The van der Waals surface area contributed by atoms with Crippen LogP contribution in [0.3, 0.4) is 0 Å². The zero-order chi connectivity index (χ0) is 27.6. The molecule has 0 bridgehead atoms. The average molecular weight is 528 g/mol. The number of ether oxygens (including phenoxy) is 1. The highest BCUT2D eigenvalue weighted by Gasteiger charge is 2.25. The molecule has 1 aliphatic rings. The molecule has 3 aromatic carbocycles. The molecule has 1 unspecified atom stereocenters. The maximum atomic E-state index is 12.9. The summed E-state index contributed by atoms with van der Waals surface area (Å²) in [5, 5.41) is 3.09. The molecular weight excluding hydrogens is 482 g/mol. The smallest absolute Gasteiger partial charge is 0.251 e. The lowest BCUT2D eigenvalue weighted by Gasteiger charge is -2.35. The Morgan fingerprint density at radius 2 is 1.56 bits per heavy atom. The van der Waals surface area contributed by atoms with E-state index in [-0.39, 0.29) is 12.0 Å². The molecular formula is C34H45N3O2. The van der Waals surface area contributed by atoms with Crippen LogP contribution in [0.25, 0.3) is 0 Å². The third-order valence-electron chi connectivity index (χ3n) is 7.69. The van der Waals surface area contributed by atoms with Crippen molar-refractivity contribution in [2.75, 3.05) is 32.7 Å². The molecule has 4 rings (SSSR count). The van der Waals surface area contributed by atoms with Gasteiger partial charge in [-0.1, -0.05) is 66.7 Å². The summed E-state index contributed by atoms with van der Waals surface area (Å²) < 4.78 is 6.45. The first-order chi connectivity index (χ1) is 18.9. The molecule has 5 nitrogen and oxygen atoms in total. The number of nitrogens with zero attached hydrogens (tertiary/aromatic N) is 2. The number of benzene rings is 3. The van der Waals surface area contributed by atoms with Gasteiger partial charge >= 0.3 is 0 Å². The topological polar surface area (TPSA) is 44.8 Å². The maximum absolute atomic E-state index is 12.9. The second-order valence-corrected chi connectivity index (χ2v) is 11.2. The third-order valence-corrected chi connectivity index (χ3v) is 7.69. The maximum Gasteiger partial charge on any atom is 0.251 e. The van der Waals surface area contributed by atoms with Gasteiger partial charge in [-0.05, 0) is 76.4 Å². The molecule has 0 aliphatic carbocycles. The molecule has 1 aliphatic heterocycles. The standard InChI is InChI=1S/C34H45N3O2/c1-26(2)37(27(3)4)22-20-35-34(38)30-17-11-18-31(23-30)39-32-19-12-21-36(24-32)25-33(28-13-7-5-8-14-28)29-15-9-6-10-16-29/h5-11,13-18,23,26-27,32-33H,12,19-22,24-25H2,1-4H3,(H,35,38). The monoisotopic (exact) mass is 527 g/mol. The van der Waals surface area contributed by atoms with Gasteiger partial charge in [0.2, 0.25) is 0 Å². The SMILES string of the molecule is CC(C)N(CCNC(=O)c1cccc(OC2CCCN(CC(c3ccccc3)c3ccccc3)C2)c1)C(C)C. The van der Waals surface area contributed by atoms with Gasteiger partial charge in [0.05, 0.1) is 0 Å². The van der Waals surface area contributed by atoms with Gasteiger partial charge in [-0.2, -0.15) is 0 Å². The molecule has 0 aromatic heterocycles. The van der Waals surface area contributed by atoms with Crippen LogP contribution < -0.4 is 10.1 Å². The molecule has 5 heteroatoms. The number of hydrogen-bond acceptors (Lipinski definition) is 4. The number of rotatable bonds is 12. The molecule has 1 heterocycles. The Morgan fingerprint density at radius 3 is 2.18 bits per heavy atom. The van der Waals surface area contributed by atoms with Crippen LogP contribution >= 0.6 is 0 Å². The fourth-order valence-corrected chi connectivity index (χ4v) is 5.72. The van der Waals surface area contributed by atoms with Crippen molar-refractivity contribution in [3.05, 3.63) is 102 Å². The van der Waals surface area contributed by atoms with Crippen LogP contribution in [-0.4, -0.2) is 66.6 Å². The van der Waals surface area contributed by atoms with E-state index in [0.29, 0.717) is 30.1 Å². The molecule has 0 saturated carbocycles. The minimum atomic E-state index is -0.0493. The van der Waals surface area contributed by atoms with Crippen LogP contribution in [0.2, 0.25) is 0 Å². The highest BCUT2D eigenvalue weighted by molar-refractivity contribution is 5.94. The highest BCUT2D eigenvalue weighted by atomic mass is 16.5. The first-order valence-electron chi connectivity index (χ1n) is 14.5. The summed E-state index contributed by atoms with van der Waals surface area (Å²) >= 11 is 0. The first-order valence-corrected chi connectivity index (χ1v) is 14.5. The predicted molar refractivity (Wildman–Crippen MR) is 161 cm³/mol. The van der Waals surface area contributed by atoms with Crippen molar-refractivity contribution in [1.29, 1.82) is 0 Å². The molecule has 39 heavy (non-hydrogen) atoms. The van der Waals surface area contributed by atoms with Gasteiger partial charge in [0, 0.05) is 49.7 Å². The predicted octanol–water partition coefficient (Wildman–Crippen LogP) is 6.21. The fraction of sp³-hybridized carbons (Fsp3) is 0.441. The van der Waals surface area contributed by atoms with E-state index < -0.39 is 0 Å². The van der Waals surface area contributed by atoms with Crippen molar-refractivity contribution in [2.24, 2.45) is 0 Å². The minimum absolute atomic E-state index is 0.0493. The number of carbonyl (C=O) groups is 1. The summed E-state index contributed by atoms with van der Waals surface area (Å²) in [6.07, 6.45) is 2.23. The Morgan fingerprint density at radius 1 is 0.923 bits per heavy atom. The molecule has 1 saturated heterocycles. The number of amides is 1. The average Bonchev–Trinajstić information content (AvgIpc) is 2.95. The molecule has 1 N–H and O–H groups in total. The lowest BCUT2D eigenvalue weighted by atomic mass is 9.90. The van der Waals surface area contributed by atoms with Crippen LogP contribution in [-0.2, 0) is 0 Å². The summed E-state index contributed by atoms with van der Waals surface area (Å²) in [5.41, 5.74) is 3.33. The van der Waals surface area contributed by atoms with Crippen molar-refractivity contribution in [2.45, 2.75) is 64.6 Å². The summed E-state index contributed by atoms with van der Waals surface area (Å²) in [7, 11) is 0. The van der Waals surface area contributed by atoms with E-state index in [1.54, 1.807) is 0 Å². The number of carbonyl (C=O) groups excluding carboxylic acids is 1. The van der Waals surface area contributed by atoms with Crippen LogP contribution in [0, 0.1) is 0 Å². The molecule has 1 atom stereocenters. The zero-order valence-electron chi connectivity index (χ0n) is 24.1. The van der Waals surface area contributed by atoms with Gasteiger partial charge in [-0.25, -0.2) is 0 Å². The Balaban J connectivity index is 1.35. The Kier molecular flexibility index (Phi) is 10.6. The van der Waals surface area contributed by atoms with Gasteiger partial charge in [-0.3, -0.25) is 14.6 Å². The number of piperidine rings is 1. The minimum Gasteiger partial charge on any atom is -0.489 e. The highest BCUT2D eigenvalue weighted by Crippen LogP contribution is 2.28. The summed E-state index contributed by atoms with van der Waals surface area (Å²) in [4.78, 5) is 17.8. The van der Waals surface area contributed by atoms with E-state index in [1.165, 1.54) is 11.1 Å². The van der Waals surface area contributed by atoms with Gasteiger partial charge in [0.25, 0.3) is 5.91 Å². The molecule has 0 radical (unpaired) electrons. The van der Waals surface area contributed by atoms with Crippen LogP contribution in [0.1, 0.15) is 67.9 Å². The molecule has 1 amide bonds. The lowest BCUT2D eigenvalue weighted by molar-refractivity contribution is 0.0860. The number of likely N-dealkylation sites (tertiary alicyclic amines) is 1. The van der Waals surface area contributed by atoms with Crippen molar-refractivity contribution in [3.8, 4) is 5.75 Å². The van der Waals surface area contributed by atoms with E-state index >= 15 is 0 Å². The zero-order valence-corrected chi connectivity index (χ0v) is 24.1. The van der Waals surface area contributed by atoms with Gasteiger partial charge in [-0.15, -0.1) is 0 Å². The van der Waals surface area contributed by atoms with Gasteiger partial charge < -0.3 is 10.1 Å². The number of hydrogen-bond donors (Lipinski definition) is 1. The fourth-order valence-electron chi connectivity index (χ4n) is 5.72. The summed E-state index contributed by atoms with van der Waals surface area (Å²) in [6, 6.07) is 30.1. The van der Waals surface area contributed by atoms with Crippen LogP contribution in [0.15, 0.2) is 84.9 Å². The Bertz CT molecular complexity index is 1100. The normalized spacial score (nSPS) is 16.3. The molecule has 3 aromatic rings. The van der Waals surface area contributed by atoms with Gasteiger partial charge in [0.15, 0.2) is 0 Å². The quantitative estimate of drug-likeness (QED) is 0.304. The van der Waals surface area contributed by atoms with E-state index in [4.69, 9.17) is 4.74 Å². The largest absolute Gasteiger partial charge is 0.489 e. The summed E-state index contributed by atoms with van der Waals surface area (Å²) in [5.74, 6) is 1.04.